The average molecular weight is 251 g/mol. The van der Waals surface area contributed by atoms with E-state index in [0.717, 1.165) is 12.0 Å². The summed E-state index contributed by atoms with van der Waals surface area (Å²) in [5.41, 5.74) is 0.792. The van der Waals surface area contributed by atoms with Crippen LogP contribution in [0.25, 0.3) is 0 Å². The van der Waals surface area contributed by atoms with Gasteiger partial charge in [0.05, 0.1) is 18.8 Å². The van der Waals surface area contributed by atoms with Gasteiger partial charge < -0.3 is 14.7 Å². The van der Waals surface area contributed by atoms with E-state index < -0.39 is 12.2 Å². The van der Waals surface area contributed by atoms with Crippen LogP contribution in [0, 0.1) is 0 Å². The van der Waals surface area contributed by atoms with Gasteiger partial charge in [0.15, 0.2) is 0 Å². The highest BCUT2D eigenvalue weighted by Crippen LogP contribution is 2.20. The third-order valence-electron chi connectivity index (χ3n) is 2.93. The Labute approximate surface area is 108 Å². The first-order valence-corrected chi connectivity index (χ1v) is 6.20. The predicted octanol–water partition coefficient (Wildman–Crippen LogP) is 2.59. The molecule has 0 aromatic heterocycles. The number of aliphatic hydroxyl groups excluding tert-OH is 1. The van der Waals surface area contributed by atoms with E-state index in [1.807, 2.05) is 37.3 Å². The van der Waals surface area contributed by atoms with Crippen LogP contribution in [0.3, 0.4) is 0 Å². The number of likely N-dealkylation sites (N-methyl/N-ethyl adjacent to an activating group) is 1. The van der Waals surface area contributed by atoms with Crippen LogP contribution in [-0.2, 0) is 4.74 Å². The van der Waals surface area contributed by atoms with E-state index in [9.17, 15) is 9.90 Å². The summed E-state index contributed by atoms with van der Waals surface area (Å²) in [6.07, 6.45) is -0.334. The monoisotopic (exact) mass is 251 g/mol. The molecule has 100 valence electrons. The maximum absolute atomic E-state index is 11.7. The lowest BCUT2D eigenvalue weighted by molar-refractivity contribution is 0.0509. The van der Waals surface area contributed by atoms with Crippen LogP contribution in [0.15, 0.2) is 30.3 Å². The molecule has 2 atom stereocenters. The first kappa shape index (κ1) is 14.5. The van der Waals surface area contributed by atoms with Crippen molar-refractivity contribution < 1.29 is 14.6 Å². The second-order valence-electron chi connectivity index (χ2n) is 4.32. The third kappa shape index (κ3) is 3.74. The molecule has 0 heterocycles. The predicted molar refractivity (Wildman–Crippen MR) is 70.3 cm³/mol. The van der Waals surface area contributed by atoms with Gasteiger partial charge in [-0.25, -0.2) is 4.79 Å². The number of amides is 1. The largest absolute Gasteiger partial charge is 0.449 e. The number of aliphatic hydroxyl groups is 1. The lowest BCUT2D eigenvalue weighted by Crippen LogP contribution is -2.39. The van der Waals surface area contributed by atoms with Crippen LogP contribution in [0.4, 0.5) is 4.79 Å². The molecule has 0 fully saturated rings. The van der Waals surface area contributed by atoms with Crippen molar-refractivity contribution in [3.63, 3.8) is 0 Å². The Morgan fingerprint density at radius 1 is 1.39 bits per heavy atom. The molecule has 0 spiro atoms. The molecular formula is C14H21NO3. The quantitative estimate of drug-likeness (QED) is 0.875. The Morgan fingerprint density at radius 2 is 2.00 bits per heavy atom. The fourth-order valence-electron chi connectivity index (χ4n) is 1.60. The van der Waals surface area contributed by atoms with E-state index in [1.165, 1.54) is 4.90 Å². The van der Waals surface area contributed by atoms with Crippen molar-refractivity contribution in [3.8, 4) is 0 Å². The summed E-state index contributed by atoms with van der Waals surface area (Å²) in [7, 11) is 1.63. The van der Waals surface area contributed by atoms with Crippen molar-refractivity contribution >= 4 is 6.09 Å². The molecule has 0 saturated heterocycles. The molecule has 1 aromatic rings. The van der Waals surface area contributed by atoms with Gasteiger partial charge >= 0.3 is 6.09 Å². The molecule has 0 aliphatic carbocycles. The minimum atomic E-state index is -0.717. The van der Waals surface area contributed by atoms with Gasteiger partial charge in [-0.2, -0.15) is 0 Å². The molecule has 4 heteroatoms. The van der Waals surface area contributed by atoms with Crippen molar-refractivity contribution in [1.29, 1.82) is 0 Å². The highest BCUT2D eigenvalue weighted by atomic mass is 16.6. The molecule has 0 radical (unpaired) electrons. The van der Waals surface area contributed by atoms with Crippen molar-refractivity contribution in [1.82, 2.24) is 4.90 Å². The zero-order chi connectivity index (χ0) is 13.5. The summed E-state index contributed by atoms with van der Waals surface area (Å²) in [4.78, 5) is 13.1. The van der Waals surface area contributed by atoms with Gasteiger partial charge in [-0.05, 0) is 18.9 Å². The van der Waals surface area contributed by atoms with E-state index >= 15 is 0 Å². The van der Waals surface area contributed by atoms with Crippen LogP contribution in [0.5, 0.6) is 0 Å². The minimum absolute atomic E-state index is 0.336. The fourth-order valence-corrected chi connectivity index (χ4v) is 1.60. The zero-order valence-corrected chi connectivity index (χ0v) is 11.2. The van der Waals surface area contributed by atoms with Gasteiger partial charge in [0, 0.05) is 7.05 Å². The average Bonchev–Trinajstić information content (AvgIpc) is 2.43. The summed E-state index contributed by atoms with van der Waals surface area (Å²) < 4.78 is 5.04. The third-order valence-corrected chi connectivity index (χ3v) is 2.93. The van der Waals surface area contributed by atoms with E-state index in [-0.39, 0.29) is 6.04 Å². The molecule has 1 aromatic carbocycles. The topological polar surface area (TPSA) is 49.8 Å². The molecule has 0 aliphatic heterocycles. The Kier molecular flexibility index (Phi) is 5.65. The highest BCUT2D eigenvalue weighted by Gasteiger charge is 2.24. The molecule has 18 heavy (non-hydrogen) atoms. The summed E-state index contributed by atoms with van der Waals surface area (Å²) in [5.74, 6) is 0. The van der Waals surface area contributed by atoms with E-state index in [0.29, 0.717) is 6.61 Å². The van der Waals surface area contributed by atoms with Crippen LogP contribution in [-0.4, -0.2) is 35.8 Å². The van der Waals surface area contributed by atoms with Gasteiger partial charge in [0.2, 0.25) is 0 Å². The Morgan fingerprint density at radius 3 is 2.56 bits per heavy atom. The lowest BCUT2D eigenvalue weighted by atomic mass is 10.0. The zero-order valence-electron chi connectivity index (χ0n) is 11.2. The summed E-state index contributed by atoms with van der Waals surface area (Å²) in [6, 6.07) is 8.96. The molecular weight excluding hydrogens is 230 g/mol. The maximum Gasteiger partial charge on any atom is 0.409 e. The number of hydrogen-bond donors (Lipinski definition) is 1. The number of nitrogens with zero attached hydrogens (tertiary/aromatic N) is 1. The second kappa shape index (κ2) is 7.01. The van der Waals surface area contributed by atoms with Gasteiger partial charge in [-0.3, -0.25) is 0 Å². The highest BCUT2D eigenvalue weighted by molar-refractivity contribution is 5.67. The molecule has 2 unspecified atom stereocenters. The standard InChI is InChI=1S/C14H21NO3/c1-4-10-18-14(17)15(3)11(2)13(16)12-8-6-5-7-9-12/h5-9,11,13,16H,4,10H2,1-3H3. The first-order chi connectivity index (χ1) is 8.57. The van der Waals surface area contributed by atoms with E-state index in [1.54, 1.807) is 14.0 Å². The normalized spacial score (nSPS) is 13.8. The Bertz CT molecular complexity index is 367. The van der Waals surface area contributed by atoms with Gasteiger partial charge in [-0.15, -0.1) is 0 Å². The smallest absolute Gasteiger partial charge is 0.409 e. The van der Waals surface area contributed by atoms with Crippen molar-refractivity contribution in [2.24, 2.45) is 0 Å². The van der Waals surface area contributed by atoms with Crippen molar-refractivity contribution in [3.05, 3.63) is 35.9 Å². The minimum Gasteiger partial charge on any atom is -0.449 e. The molecule has 0 bridgehead atoms. The summed E-state index contributed by atoms with van der Waals surface area (Å²) in [5, 5.41) is 10.2. The van der Waals surface area contributed by atoms with Crippen molar-refractivity contribution in [2.75, 3.05) is 13.7 Å². The van der Waals surface area contributed by atoms with Crippen LogP contribution in [0.1, 0.15) is 31.9 Å². The van der Waals surface area contributed by atoms with Gasteiger partial charge in [0.25, 0.3) is 0 Å². The van der Waals surface area contributed by atoms with Crippen LogP contribution >= 0.6 is 0 Å². The van der Waals surface area contributed by atoms with E-state index in [4.69, 9.17) is 4.74 Å². The molecule has 4 nitrogen and oxygen atoms in total. The summed E-state index contributed by atoms with van der Waals surface area (Å²) >= 11 is 0. The fraction of sp³-hybridized carbons (Fsp3) is 0.500. The SMILES string of the molecule is CCCOC(=O)N(C)C(C)C(O)c1ccccc1. The maximum atomic E-state index is 11.7. The number of hydrogen-bond acceptors (Lipinski definition) is 3. The second-order valence-corrected chi connectivity index (χ2v) is 4.32. The Hall–Kier alpha value is -1.55. The first-order valence-electron chi connectivity index (χ1n) is 6.20. The number of benzene rings is 1. The van der Waals surface area contributed by atoms with Gasteiger partial charge in [-0.1, -0.05) is 37.3 Å². The molecule has 1 amide bonds. The molecule has 1 rings (SSSR count). The lowest BCUT2D eigenvalue weighted by Gasteiger charge is -2.28. The number of rotatable bonds is 5. The van der Waals surface area contributed by atoms with Crippen molar-refractivity contribution in [2.45, 2.75) is 32.4 Å². The Balaban J connectivity index is 2.63. The van der Waals surface area contributed by atoms with Gasteiger partial charge in [0.1, 0.15) is 0 Å². The number of ether oxygens (including phenoxy) is 1. The summed E-state index contributed by atoms with van der Waals surface area (Å²) in [6.45, 7) is 4.14. The molecule has 0 aliphatic rings. The molecule has 1 N–H and O–H groups in total. The molecule has 0 saturated carbocycles. The number of carbonyl (C=O) groups excluding carboxylic acids is 1. The van der Waals surface area contributed by atoms with Crippen LogP contribution < -0.4 is 0 Å². The van der Waals surface area contributed by atoms with Crippen LogP contribution in [0.2, 0.25) is 0 Å². The number of carbonyl (C=O) groups is 1. The van der Waals surface area contributed by atoms with E-state index in [2.05, 4.69) is 0 Å².